The summed E-state index contributed by atoms with van der Waals surface area (Å²) in [6.07, 6.45) is 2.55. The SMILES string of the molecule is CN=C(NCCNC(=O)C(C)(C)C)NCC1CCCOC1C(C)(C)C. The fourth-order valence-corrected chi connectivity index (χ4v) is 3.08. The number of carbonyl (C=O) groups is 1. The number of ether oxygens (including phenoxy) is 1. The van der Waals surface area contributed by atoms with E-state index in [1.807, 2.05) is 20.8 Å². The zero-order chi connectivity index (χ0) is 19.1. The molecule has 0 aromatic rings. The minimum atomic E-state index is -0.358. The summed E-state index contributed by atoms with van der Waals surface area (Å²) in [5, 5.41) is 9.59. The summed E-state index contributed by atoms with van der Waals surface area (Å²) >= 11 is 0. The summed E-state index contributed by atoms with van der Waals surface area (Å²) in [4.78, 5) is 16.1. The van der Waals surface area contributed by atoms with Crippen molar-refractivity contribution < 1.29 is 9.53 Å². The predicted molar refractivity (Wildman–Crippen MR) is 104 cm³/mol. The molecular weight excluding hydrogens is 316 g/mol. The van der Waals surface area contributed by atoms with Crippen LogP contribution in [0.15, 0.2) is 4.99 Å². The van der Waals surface area contributed by atoms with E-state index < -0.39 is 0 Å². The molecule has 1 saturated heterocycles. The van der Waals surface area contributed by atoms with Crippen LogP contribution in [-0.4, -0.2) is 51.3 Å². The Morgan fingerprint density at radius 1 is 1.08 bits per heavy atom. The van der Waals surface area contributed by atoms with Crippen molar-refractivity contribution in [1.29, 1.82) is 0 Å². The minimum absolute atomic E-state index is 0.0598. The second kappa shape index (κ2) is 9.41. The topological polar surface area (TPSA) is 74.8 Å². The number of carbonyl (C=O) groups excluding carboxylic acids is 1. The Kier molecular flexibility index (Phi) is 8.19. The molecule has 2 atom stereocenters. The van der Waals surface area contributed by atoms with Gasteiger partial charge in [0.2, 0.25) is 5.91 Å². The maximum atomic E-state index is 11.8. The highest BCUT2D eigenvalue weighted by Crippen LogP contribution is 2.33. The Balaban J connectivity index is 2.37. The van der Waals surface area contributed by atoms with Gasteiger partial charge in [0.05, 0.1) is 6.10 Å². The number of hydrogen-bond donors (Lipinski definition) is 3. The van der Waals surface area contributed by atoms with Crippen LogP contribution in [0.1, 0.15) is 54.4 Å². The molecule has 146 valence electrons. The zero-order valence-corrected chi connectivity index (χ0v) is 17.2. The van der Waals surface area contributed by atoms with E-state index >= 15 is 0 Å². The van der Waals surface area contributed by atoms with E-state index in [0.717, 1.165) is 25.5 Å². The average molecular weight is 355 g/mol. The number of amides is 1. The van der Waals surface area contributed by atoms with Crippen LogP contribution in [0, 0.1) is 16.7 Å². The number of nitrogens with one attached hydrogen (secondary N) is 3. The molecule has 0 bridgehead atoms. The highest BCUT2D eigenvalue weighted by atomic mass is 16.5. The summed E-state index contributed by atoms with van der Waals surface area (Å²) in [7, 11) is 1.77. The monoisotopic (exact) mass is 354 g/mol. The lowest BCUT2D eigenvalue weighted by Gasteiger charge is -2.40. The van der Waals surface area contributed by atoms with Crippen LogP contribution in [-0.2, 0) is 9.53 Å². The van der Waals surface area contributed by atoms with Crippen molar-refractivity contribution in [3.63, 3.8) is 0 Å². The summed E-state index contributed by atoms with van der Waals surface area (Å²) in [5.41, 5.74) is -0.218. The smallest absolute Gasteiger partial charge is 0.225 e. The Hall–Kier alpha value is -1.30. The molecule has 1 aliphatic heterocycles. The van der Waals surface area contributed by atoms with Gasteiger partial charge in [-0.2, -0.15) is 0 Å². The van der Waals surface area contributed by atoms with E-state index in [2.05, 4.69) is 41.7 Å². The van der Waals surface area contributed by atoms with Gasteiger partial charge in [-0.1, -0.05) is 41.5 Å². The van der Waals surface area contributed by atoms with Crippen molar-refractivity contribution in [1.82, 2.24) is 16.0 Å². The van der Waals surface area contributed by atoms with Crippen molar-refractivity contribution >= 4 is 11.9 Å². The third-order valence-electron chi connectivity index (χ3n) is 4.44. The molecule has 1 heterocycles. The van der Waals surface area contributed by atoms with E-state index in [1.165, 1.54) is 6.42 Å². The van der Waals surface area contributed by atoms with E-state index in [1.54, 1.807) is 7.05 Å². The molecule has 0 spiro atoms. The second-order valence-corrected chi connectivity index (χ2v) is 8.95. The van der Waals surface area contributed by atoms with Crippen molar-refractivity contribution in [2.75, 3.05) is 33.3 Å². The van der Waals surface area contributed by atoms with E-state index in [9.17, 15) is 4.79 Å². The van der Waals surface area contributed by atoms with Crippen LogP contribution in [0.4, 0.5) is 0 Å². The number of rotatable bonds is 5. The third kappa shape index (κ3) is 7.63. The van der Waals surface area contributed by atoms with Crippen molar-refractivity contribution in [3.05, 3.63) is 0 Å². The first-order chi connectivity index (χ1) is 11.6. The van der Waals surface area contributed by atoms with Gasteiger partial charge < -0.3 is 20.7 Å². The van der Waals surface area contributed by atoms with Crippen LogP contribution in [0.3, 0.4) is 0 Å². The summed E-state index contributed by atoms with van der Waals surface area (Å²) in [6.45, 7) is 15.4. The summed E-state index contributed by atoms with van der Waals surface area (Å²) in [5.74, 6) is 1.31. The fourth-order valence-electron chi connectivity index (χ4n) is 3.08. The molecule has 0 saturated carbocycles. The lowest BCUT2D eigenvalue weighted by atomic mass is 9.78. The number of nitrogens with zero attached hydrogens (tertiary/aromatic N) is 1. The Bertz CT molecular complexity index is 449. The lowest BCUT2D eigenvalue weighted by Crippen LogP contribution is -2.48. The van der Waals surface area contributed by atoms with Crippen LogP contribution >= 0.6 is 0 Å². The minimum Gasteiger partial charge on any atom is -0.377 e. The Morgan fingerprint density at radius 3 is 2.28 bits per heavy atom. The Morgan fingerprint density at radius 2 is 1.72 bits per heavy atom. The van der Waals surface area contributed by atoms with E-state index in [4.69, 9.17) is 4.74 Å². The summed E-state index contributed by atoms with van der Waals surface area (Å²) in [6, 6.07) is 0. The molecule has 6 nitrogen and oxygen atoms in total. The first-order valence-corrected chi connectivity index (χ1v) is 9.40. The third-order valence-corrected chi connectivity index (χ3v) is 4.44. The Labute approximate surface area is 153 Å². The molecule has 2 unspecified atom stereocenters. The number of aliphatic imine (C=N–C) groups is 1. The van der Waals surface area contributed by atoms with Gasteiger partial charge in [0, 0.05) is 44.6 Å². The first-order valence-electron chi connectivity index (χ1n) is 9.40. The molecule has 0 aromatic heterocycles. The predicted octanol–water partition coefficient (Wildman–Crippen LogP) is 2.15. The van der Waals surface area contributed by atoms with Crippen LogP contribution in [0.25, 0.3) is 0 Å². The number of hydrogen-bond acceptors (Lipinski definition) is 3. The van der Waals surface area contributed by atoms with Crippen LogP contribution < -0.4 is 16.0 Å². The van der Waals surface area contributed by atoms with Gasteiger partial charge in [0.25, 0.3) is 0 Å². The number of guanidine groups is 1. The zero-order valence-electron chi connectivity index (χ0n) is 17.2. The van der Waals surface area contributed by atoms with Gasteiger partial charge >= 0.3 is 0 Å². The first kappa shape index (κ1) is 21.7. The maximum absolute atomic E-state index is 11.8. The maximum Gasteiger partial charge on any atom is 0.225 e. The molecule has 0 aromatic carbocycles. The van der Waals surface area contributed by atoms with Gasteiger partial charge in [0.1, 0.15) is 0 Å². The molecule has 1 fully saturated rings. The van der Waals surface area contributed by atoms with E-state index in [0.29, 0.717) is 19.0 Å². The molecular formula is C19H38N4O2. The van der Waals surface area contributed by atoms with E-state index in [-0.39, 0.29) is 22.8 Å². The van der Waals surface area contributed by atoms with Crippen LogP contribution in [0.2, 0.25) is 0 Å². The molecule has 0 radical (unpaired) electrons. The molecule has 6 heteroatoms. The lowest BCUT2D eigenvalue weighted by molar-refractivity contribution is -0.128. The highest BCUT2D eigenvalue weighted by molar-refractivity contribution is 5.81. The standard InChI is InChI=1S/C19H38N4O2/c1-18(2,3)15-14(9-8-12-25-15)13-23-17(20-7)22-11-10-21-16(24)19(4,5)6/h14-15H,8-13H2,1-7H3,(H,21,24)(H2,20,22,23). The molecule has 25 heavy (non-hydrogen) atoms. The van der Waals surface area contributed by atoms with Crippen LogP contribution in [0.5, 0.6) is 0 Å². The summed E-state index contributed by atoms with van der Waals surface area (Å²) < 4.78 is 6.03. The van der Waals surface area contributed by atoms with Gasteiger partial charge in [-0.3, -0.25) is 9.79 Å². The van der Waals surface area contributed by atoms with Crippen molar-refractivity contribution in [3.8, 4) is 0 Å². The van der Waals surface area contributed by atoms with Crippen molar-refractivity contribution in [2.24, 2.45) is 21.7 Å². The quantitative estimate of drug-likeness (QED) is 0.402. The fraction of sp³-hybridized carbons (Fsp3) is 0.895. The molecule has 1 amide bonds. The highest BCUT2D eigenvalue weighted by Gasteiger charge is 2.35. The van der Waals surface area contributed by atoms with Gasteiger partial charge in [-0.05, 0) is 18.3 Å². The van der Waals surface area contributed by atoms with Gasteiger partial charge in [-0.15, -0.1) is 0 Å². The normalized spacial score (nSPS) is 22.4. The average Bonchev–Trinajstić information content (AvgIpc) is 2.52. The molecule has 0 aliphatic carbocycles. The van der Waals surface area contributed by atoms with Gasteiger partial charge in [0.15, 0.2) is 5.96 Å². The molecule has 1 aliphatic rings. The molecule has 1 rings (SSSR count). The second-order valence-electron chi connectivity index (χ2n) is 8.95. The van der Waals surface area contributed by atoms with Gasteiger partial charge in [-0.25, -0.2) is 0 Å². The largest absolute Gasteiger partial charge is 0.377 e. The van der Waals surface area contributed by atoms with Crippen molar-refractivity contribution in [2.45, 2.75) is 60.5 Å². The molecule has 3 N–H and O–H groups in total.